The molecule has 7 heteroatoms. The van der Waals surface area contributed by atoms with Crippen LogP contribution in [0.15, 0.2) is 15.8 Å². The van der Waals surface area contributed by atoms with Crippen LogP contribution in [0, 0.1) is 6.92 Å². The Labute approximate surface area is 122 Å². The summed E-state index contributed by atoms with van der Waals surface area (Å²) in [6, 6.07) is -0.138. The van der Waals surface area contributed by atoms with Gasteiger partial charge in [-0.15, -0.1) is 0 Å². The lowest BCUT2D eigenvalue weighted by atomic mass is 10.2. The number of nitrogens with zero attached hydrogens (tertiary/aromatic N) is 2. The molecule has 0 aromatic carbocycles. The van der Waals surface area contributed by atoms with Crippen molar-refractivity contribution in [1.82, 2.24) is 14.5 Å². The van der Waals surface area contributed by atoms with E-state index in [1.165, 1.54) is 4.57 Å². The van der Waals surface area contributed by atoms with Crippen LogP contribution in [0.3, 0.4) is 0 Å². The smallest absolute Gasteiger partial charge is 0.410 e. The Balaban J connectivity index is 2.13. The number of carbonyl (C=O) groups excluding carboxylic acids is 1. The van der Waals surface area contributed by atoms with Crippen molar-refractivity contribution in [3.05, 3.63) is 32.6 Å². The molecule has 7 nitrogen and oxygen atoms in total. The van der Waals surface area contributed by atoms with E-state index in [1.54, 1.807) is 18.0 Å². The summed E-state index contributed by atoms with van der Waals surface area (Å²) in [7, 11) is 0. The highest BCUT2D eigenvalue weighted by molar-refractivity contribution is 5.68. The van der Waals surface area contributed by atoms with E-state index in [1.807, 2.05) is 20.8 Å². The van der Waals surface area contributed by atoms with Crippen molar-refractivity contribution in [3.63, 3.8) is 0 Å². The molecule has 2 heterocycles. The van der Waals surface area contributed by atoms with Gasteiger partial charge in [-0.1, -0.05) is 0 Å². The molecule has 1 aromatic heterocycles. The fraction of sp³-hybridized carbons (Fsp3) is 0.643. The zero-order valence-electron chi connectivity index (χ0n) is 12.8. The number of H-pyrrole nitrogens is 1. The predicted molar refractivity (Wildman–Crippen MR) is 77.5 cm³/mol. The lowest BCUT2D eigenvalue weighted by Gasteiger charge is -2.24. The van der Waals surface area contributed by atoms with E-state index in [0.717, 1.165) is 0 Å². The minimum Gasteiger partial charge on any atom is -0.444 e. The number of aryl methyl sites for hydroxylation is 1. The molecule has 21 heavy (non-hydrogen) atoms. The van der Waals surface area contributed by atoms with E-state index < -0.39 is 11.3 Å². The molecule has 1 fully saturated rings. The number of rotatable bonds is 1. The van der Waals surface area contributed by atoms with Gasteiger partial charge in [-0.2, -0.15) is 0 Å². The van der Waals surface area contributed by atoms with Crippen molar-refractivity contribution < 1.29 is 9.53 Å². The van der Waals surface area contributed by atoms with E-state index in [0.29, 0.717) is 25.1 Å². The molecule has 2 rings (SSSR count). The Bertz CT molecular complexity index is 653. The fourth-order valence-corrected chi connectivity index (χ4v) is 2.32. The molecule has 0 radical (unpaired) electrons. The van der Waals surface area contributed by atoms with Crippen LogP contribution in [0.5, 0.6) is 0 Å². The van der Waals surface area contributed by atoms with Crippen molar-refractivity contribution in [2.45, 2.75) is 45.8 Å². The highest BCUT2D eigenvalue weighted by Crippen LogP contribution is 2.22. The average Bonchev–Trinajstić information content (AvgIpc) is 2.81. The lowest BCUT2D eigenvalue weighted by molar-refractivity contribution is 0.0288. The van der Waals surface area contributed by atoms with E-state index in [4.69, 9.17) is 4.74 Å². The molecule has 0 aliphatic carbocycles. The molecule has 0 bridgehead atoms. The molecule has 1 aliphatic heterocycles. The molecule has 1 saturated heterocycles. The summed E-state index contributed by atoms with van der Waals surface area (Å²) in [6.07, 6.45) is 1.83. The summed E-state index contributed by atoms with van der Waals surface area (Å²) in [5, 5.41) is 0. The maximum Gasteiger partial charge on any atom is 0.410 e. The number of aromatic amines is 1. The van der Waals surface area contributed by atoms with Gasteiger partial charge in [-0.25, -0.2) is 9.59 Å². The number of likely N-dealkylation sites (tertiary alicyclic amines) is 1. The first-order valence-electron chi connectivity index (χ1n) is 6.97. The quantitative estimate of drug-likeness (QED) is 0.838. The van der Waals surface area contributed by atoms with Crippen LogP contribution in [0.25, 0.3) is 0 Å². The molecule has 1 N–H and O–H groups in total. The van der Waals surface area contributed by atoms with Crippen molar-refractivity contribution in [1.29, 1.82) is 0 Å². The topological polar surface area (TPSA) is 84.4 Å². The van der Waals surface area contributed by atoms with Crippen LogP contribution in [0.1, 0.15) is 38.8 Å². The molecule has 0 spiro atoms. The van der Waals surface area contributed by atoms with Gasteiger partial charge < -0.3 is 9.64 Å². The number of carbonyl (C=O) groups is 1. The molecule has 116 valence electrons. The predicted octanol–water partition coefficient (Wildman–Crippen LogP) is 1.03. The Morgan fingerprint density at radius 2 is 2.05 bits per heavy atom. The van der Waals surface area contributed by atoms with Crippen LogP contribution in [-0.4, -0.2) is 39.2 Å². The second kappa shape index (κ2) is 5.38. The zero-order chi connectivity index (χ0) is 15.8. The van der Waals surface area contributed by atoms with E-state index in [-0.39, 0.29) is 17.7 Å². The standard InChI is InChI=1S/C14H21N3O4/c1-9-7-17(12(19)15-11(9)18)10-5-6-16(8-10)13(20)21-14(2,3)4/h7,10H,5-6,8H2,1-4H3,(H,15,18,19)/t10-/m1/s1. The third kappa shape index (κ3) is 3.53. The average molecular weight is 295 g/mol. The Kier molecular flexibility index (Phi) is 3.93. The van der Waals surface area contributed by atoms with Crippen molar-refractivity contribution in [2.24, 2.45) is 0 Å². The third-order valence-electron chi connectivity index (χ3n) is 3.35. The summed E-state index contributed by atoms with van der Waals surface area (Å²) in [4.78, 5) is 39.1. The number of aromatic nitrogens is 2. The second-order valence-electron chi connectivity index (χ2n) is 6.35. The molecule has 0 unspecified atom stereocenters. The molecular weight excluding hydrogens is 274 g/mol. The van der Waals surface area contributed by atoms with Crippen LogP contribution in [0.2, 0.25) is 0 Å². The highest BCUT2D eigenvalue weighted by Gasteiger charge is 2.31. The molecular formula is C14H21N3O4. The van der Waals surface area contributed by atoms with Gasteiger partial charge in [0.05, 0.1) is 6.04 Å². The highest BCUT2D eigenvalue weighted by atomic mass is 16.6. The normalized spacial score (nSPS) is 18.9. The Morgan fingerprint density at radius 3 is 2.67 bits per heavy atom. The number of ether oxygens (including phenoxy) is 1. The lowest BCUT2D eigenvalue weighted by Crippen LogP contribution is -2.37. The first kappa shape index (κ1) is 15.3. The van der Waals surface area contributed by atoms with Crippen LogP contribution in [0.4, 0.5) is 4.79 Å². The summed E-state index contributed by atoms with van der Waals surface area (Å²) in [5.41, 5.74) is -0.883. The van der Waals surface area contributed by atoms with Crippen LogP contribution < -0.4 is 11.2 Å². The number of amides is 1. The molecule has 0 saturated carbocycles. The molecule has 1 atom stereocenters. The first-order chi connectivity index (χ1) is 9.67. The van der Waals surface area contributed by atoms with Crippen molar-refractivity contribution in [2.75, 3.05) is 13.1 Å². The van der Waals surface area contributed by atoms with Gasteiger partial charge in [0.25, 0.3) is 5.56 Å². The van der Waals surface area contributed by atoms with Gasteiger partial charge in [-0.3, -0.25) is 14.3 Å². The Hall–Kier alpha value is -2.05. The van der Waals surface area contributed by atoms with Gasteiger partial charge in [-0.05, 0) is 34.1 Å². The fourth-order valence-electron chi connectivity index (χ4n) is 2.32. The SMILES string of the molecule is Cc1cn([C@@H]2CCN(C(=O)OC(C)(C)C)C2)c(=O)[nH]c1=O. The van der Waals surface area contributed by atoms with Gasteiger partial charge in [0.2, 0.25) is 0 Å². The maximum absolute atomic E-state index is 12.0. The second-order valence-corrected chi connectivity index (χ2v) is 6.35. The van der Waals surface area contributed by atoms with Crippen molar-refractivity contribution in [3.8, 4) is 0 Å². The first-order valence-corrected chi connectivity index (χ1v) is 6.97. The summed E-state index contributed by atoms with van der Waals surface area (Å²) < 4.78 is 6.81. The van der Waals surface area contributed by atoms with E-state index in [9.17, 15) is 14.4 Å². The summed E-state index contributed by atoms with van der Waals surface area (Å²) >= 11 is 0. The summed E-state index contributed by atoms with van der Waals surface area (Å²) in [6.45, 7) is 8.02. The van der Waals surface area contributed by atoms with Crippen LogP contribution >= 0.6 is 0 Å². The van der Waals surface area contributed by atoms with Crippen molar-refractivity contribution >= 4 is 6.09 Å². The molecule has 1 aromatic rings. The molecule has 1 amide bonds. The number of hydrogen-bond donors (Lipinski definition) is 1. The van der Waals surface area contributed by atoms with E-state index >= 15 is 0 Å². The summed E-state index contributed by atoms with van der Waals surface area (Å²) in [5.74, 6) is 0. The number of hydrogen-bond acceptors (Lipinski definition) is 4. The van der Waals surface area contributed by atoms with E-state index in [2.05, 4.69) is 4.98 Å². The monoisotopic (exact) mass is 295 g/mol. The van der Waals surface area contributed by atoms with Gasteiger partial charge in [0, 0.05) is 24.8 Å². The zero-order valence-corrected chi connectivity index (χ0v) is 12.8. The number of nitrogens with one attached hydrogen (secondary N) is 1. The van der Waals surface area contributed by atoms with Gasteiger partial charge in [0.1, 0.15) is 5.60 Å². The van der Waals surface area contributed by atoms with Gasteiger partial charge in [0.15, 0.2) is 0 Å². The largest absolute Gasteiger partial charge is 0.444 e. The maximum atomic E-state index is 12.0. The third-order valence-corrected chi connectivity index (χ3v) is 3.35. The Morgan fingerprint density at radius 1 is 1.38 bits per heavy atom. The molecule has 1 aliphatic rings. The van der Waals surface area contributed by atoms with Crippen LogP contribution in [-0.2, 0) is 4.74 Å². The minimum atomic E-state index is -0.541. The van der Waals surface area contributed by atoms with Gasteiger partial charge >= 0.3 is 11.8 Å². The minimum absolute atomic E-state index is 0.138.